The smallest absolute Gasteiger partial charge is 0.281 e. The van der Waals surface area contributed by atoms with Gasteiger partial charge in [0.25, 0.3) is 6.43 Å². The second kappa shape index (κ2) is 4.36. The third-order valence-electron chi connectivity index (χ3n) is 1.52. The van der Waals surface area contributed by atoms with Crippen molar-refractivity contribution in [1.29, 1.82) is 0 Å². The number of alkyl halides is 3. The summed E-state index contributed by atoms with van der Waals surface area (Å²) in [5.41, 5.74) is 6.15. The fourth-order valence-electron chi connectivity index (χ4n) is 0.811. The van der Waals surface area contributed by atoms with Gasteiger partial charge in [-0.1, -0.05) is 0 Å². The molecule has 0 spiro atoms. The highest BCUT2D eigenvalue weighted by molar-refractivity contribution is 14.1. The number of hydrogen-bond acceptors (Lipinski definition) is 2. The monoisotopic (exact) mass is 318 g/mol. The van der Waals surface area contributed by atoms with Gasteiger partial charge in [0.15, 0.2) is 0 Å². The lowest BCUT2D eigenvalue weighted by Gasteiger charge is -2.08. The molecular formula is C7H6ClF2IN2. The summed E-state index contributed by atoms with van der Waals surface area (Å²) in [4.78, 5) is 3.59. The van der Waals surface area contributed by atoms with Crippen LogP contribution in [0.5, 0.6) is 0 Å². The Kier molecular flexibility index (Phi) is 3.66. The largest absolute Gasteiger partial charge is 0.398 e. The van der Waals surface area contributed by atoms with Gasteiger partial charge in [-0.05, 0) is 22.6 Å². The average molecular weight is 318 g/mol. The van der Waals surface area contributed by atoms with Gasteiger partial charge in [-0.3, -0.25) is 4.98 Å². The second-order valence-corrected chi connectivity index (χ2v) is 3.68. The lowest BCUT2D eigenvalue weighted by Crippen LogP contribution is -2.03. The Balaban J connectivity index is 3.23. The molecule has 0 aromatic carbocycles. The third kappa shape index (κ3) is 2.19. The Hall–Kier alpha value is -0.170. The molecule has 2 N–H and O–H groups in total. The highest BCUT2D eigenvalue weighted by atomic mass is 127. The summed E-state index contributed by atoms with van der Waals surface area (Å²) in [6.45, 7) is 0. The van der Waals surface area contributed by atoms with Crippen LogP contribution in [-0.2, 0) is 5.88 Å². The predicted molar refractivity (Wildman–Crippen MR) is 55.9 cm³/mol. The number of aromatic nitrogens is 1. The predicted octanol–water partition coefficient (Wildman–Crippen LogP) is 2.94. The lowest BCUT2D eigenvalue weighted by molar-refractivity contribution is 0.145. The van der Waals surface area contributed by atoms with Crippen molar-refractivity contribution in [2.75, 3.05) is 5.73 Å². The van der Waals surface area contributed by atoms with Crippen molar-refractivity contribution in [3.05, 3.63) is 21.0 Å². The summed E-state index contributed by atoms with van der Waals surface area (Å²) >= 11 is 7.27. The van der Waals surface area contributed by atoms with E-state index in [0.29, 0.717) is 11.3 Å². The van der Waals surface area contributed by atoms with Crippen LogP contribution >= 0.6 is 34.2 Å². The maximum absolute atomic E-state index is 12.3. The Morgan fingerprint density at radius 1 is 1.62 bits per heavy atom. The van der Waals surface area contributed by atoms with Crippen molar-refractivity contribution in [2.45, 2.75) is 12.3 Å². The van der Waals surface area contributed by atoms with Crippen LogP contribution in [-0.4, -0.2) is 4.98 Å². The van der Waals surface area contributed by atoms with E-state index >= 15 is 0 Å². The van der Waals surface area contributed by atoms with Gasteiger partial charge in [0.1, 0.15) is 5.69 Å². The first-order valence-electron chi connectivity index (χ1n) is 3.34. The molecule has 1 aromatic heterocycles. The molecule has 0 radical (unpaired) electrons. The summed E-state index contributed by atoms with van der Waals surface area (Å²) < 4.78 is 24.9. The lowest BCUT2D eigenvalue weighted by atomic mass is 10.2. The van der Waals surface area contributed by atoms with Crippen LogP contribution in [0.3, 0.4) is 0 Å². The van der Waals surface area contributed by atoms with E-state index in [1.165, 1.54) is 6.20 Å². The summed E-state index contributed by atoms with van der Waals surface area (Å²) in [5.74, 6) is 0.179. The van der Waals surface area contributed by atoms with Crippen molar-refractivity contribution in [3.8, 4) is 0 Å². The number of anilines is 1. The third-order valence-corrected chi connectivity index (χ3v) is 2.94. The Morgan fingerprint density at radius 2 is 2.23 bits per heavy atom. The van der Waals surface area contributed by atoms with Crippen LogP contribution in [0.15, 0.2) is 6.20 Å². The van der Waals surface area contributed by atoms with E-state index in [-0.39, 0.29) is 15.1 Å². The van der Waals surface area contributed by atoms with Crippen molar-refractivity contribution in [1.82, 2.24) is 4.98 Å². The minimum absolute atomic E-state index is 0.179. The van der Waals surface area contributed by atoms with Crippen molar-refractivity contribution >= 4 is 39.9 Å². The molecule has 0 aliphatic carbocycles. The molecule has 1 rings (SSSR count). The fraction of sp³-hybridized carbons (Fsp3) is 0.286. The summed E-state index contributed by atoms with van der Waals surface area (Å²) in [7, 11) is 0. The SMILES string of the molecule is Nc1c(CCl)cnc(C(F)F)c1I. The van der Waals surface area contributed by atoms with E-state index in [9.17, 15) is 8.78 Å². The normalized spacial score (nSPS) is 10.8. The Morgan fingerprint density at radius 3 is 2.69 bits per heavy atom. The van der Waals surface area contributed by atoms with E-state index in [4.69, 9.17) is 17.3 Å². The summed E-state index contributed by atoms with van der Waals surface area (Å²) in [6, 6.07) is 0. The zero-order valence-electron chi connectivity index (χ0n) is 6.40. The van der Waals surface area contributed by atoms with Gasteiger partial charge in [-0.25, -0.2) is 8.78 Å². The molecule has 6 heteroatoms. The van der Waals surface area contributed by atoms with Crippen LogP contribution in [0.25, 0.3) is 0 Å². The first-order valence-corrected chi connectivity index (χ1v) is 4.96. The zero-order valence-corrected chi connectivity index (χ0v) is 9.31. The van der Waals surface area contributed by atoms with Gasteiger partial charge in [0.05, 0.1) is 15.1 Å². The number of nitrogens with two attached hydrogens (primary N) is 1. The number of nitrogens with zero attached hydrogens (tertiary/aromatic N) is 1. The molecular weight excluding hydrogens is 312 g/mol. The van der Waals surface area contributed by atoms with Gasteiger partial charge in [-0.2, -0.15) is 0 Å². The van der Waals surface area contributed by atoms with Crippen LogP contribution < -0.4 is 5.73 Å². The first kappa shape index (κ1) is 10.9. The molecule has 0 amide bonds. The number of pyridine rings is 1. The quantitative estimate of drug-likeness (QED) is 0.672. The Labute approximate surface area is 92.6 Å². The van der Waals surface area contributed by atoms with Gasteiger partial charge < -0.3 is 5.73 Å². The van der Waals surface area contributed by atoms with Crippen molar-refractivity contribution in [2.24, 2.45) is 0 Å². The highest BCUT2D eigenvalue weighted by Crippen LogP contribution is 2.28. The first-order chi connectivity index (χ1) is 6.07. The van der Waals surface area contributed by atoms with E-state index in [0.717, 1.165) is 0 Å². The summed E-state index contributed by atoms with van der Waals surface area (Å²) in [5, 5.41) is 0. The molecule has 0 aliphatic heterocycles. The molecule has 1 aromatic rings. The van der Waals surface area contributed by atoms with E-state index in [1.54, 1.807) is 22.6 Å². The van der Waals surface area contributed by atoms with E-state index in [1.807, 2.05) is 0 Å². The second-order valence-electron chi connectivity index (χ2n) is 2.33. The van der Waals surface area contributed by atoms with Crippen molar-refractivity contribution < 1.29 is 8.78 Å². The number of nitrogen functional groups attached to an aromatic ring is 1. The number of halogens is 4. The molecule has 0 atom stereocenters. The maximum atomic E-state index is 12.3. The number of hydrogen-bond donors (Lipinski definition) is 1. The molecule has 0 fully saturated rings. The average Bonchev–Trinajstić information content (AvgIpc) is 2.09. The highest BCUT2D eigenvalue weighted by Gasteiger charge is 2.16. The molecule has 0 bridgehead atoms. The van der Waals surface area contributed by atoms with Crippen LogP contribution in [0.2, 0.25) is 0 Å². The van der Waals surface area contributed by atoms with E-state index < -0.39 is 6.43 Å². The molecule has 2 nitrogen and oxygen atoms in total. The molecule has 0 aliphatic rings. The molecule has 0 saturated carbocycles. The van der Waals surface area contributed by atoms with Crippen molar-refractivity contribution in [3.63, 3.8) is 0 Å². The van der Waals surface area contributed by atoms with Crippen LogP contribution in [0.1, 0.15) is 17.7 Å². The molecule has 1 heterocycles. The van der Waals surface area contributed by atoms with Gasteiger partial charge >= 0.3 is 0 Å². The molecule has 0 saturated heterocycles. The maximum Gasteiger partial charge on any atom is 0.281 e. The minimum Gasteiger partial charge on any atom is -0.398 e. The number of rotatable bonds is 2. The minimum atomic E-state index is -2.60. The Bertz CT molecular complexity index is 320. The summed E-state index contributed by atoms with van der Waals surface area (Å²) in [6.07, 6.45) is -1.31. The topological polar surface area (TPSA) is 38.9 Å². The standard InChI is InChI=1S/C7H6ClF2IN2/c8-1-3-2-13-6(7(9)10)4(11)5(3)12/h2,7H,1H2,(H2,12,13). The van der Waals surface area contributed by atoms with Gasteiger partial charge in [0.2, 0.25) is 0 Å². The van der Waals surface area contributed by atoms with Gasteiger partial charge in [-0.15, -0.1) is 11.6 Å². The zero-order chi connectivity index (χ0) is 10.0. The van der Waals surface area contributed by atoms with Gasteiger partial charge in [0, 0.05) is 11.8 Å². The fourth-order valence-corrected chi connectivity index (χ4v) is 1.75. The van der Waals surface area contributed by atoms with E-state index in [2.05, 4.69) is 4.98 Å². The molecule has 0 unspecified atom stereocenters. The van der Waals surface area contributed by atoms with Crippen LogP contribution in [0, 0.1) is 3.57 Å². The van der Waals surface area contributed by atoms with Crippen LogP contribution in [0.4, 0.5) is 14.5 Å². The molecule has 13 heavy (non-hydrogen) atoms. The molecule has 72 valence electrons.